The van der Waals surface area contributed by atoms with Gasteiger partial charge in [-0.25, -0.2) is 13.8 Å². The highest BCUT2D eigenvalue weighted by molar-refractivity contribution is 14.1. The van der Waals surface area contributed by atoms with Crippen LogP contribution in [0.4, 0.5) is 14.5 Å². The molecule has 2 amide bonds. The summed E-state index contributed by atoms with van der Waals surface area (Å²) in [6, 6.07) is 14.4. The van der Waals surface area contributed by atoms with Crippen LogP contribution in [0.1, 0.15) is 40.3 Å². The Balaban J connectivity index is 1.44. The number of aromatic nitrogens is 1. The topological polar surface area (TPSA) is 62.3 Å². The number of nitrogens with zero attached hydrogens (tertiary/aromatic N) is 2. The summed E-state index contributed by atoms with van der Waals surface area (Å²) in [5.74, 6) is -1.90. The Morgan fingerprint density at radius 1 is 1.11 bits per heavy atom. The smallest absolute Gasteiger partial charge is 0.251 e. The predicted molar refractivity (Wildman–Crippen MR) is 141 cm³/mol. The fourth-order valence-corrected chi connectivity index (χ4v) is 6.60. The lowest BCUT2D eigenvalue weighted by Crippen LogP contribution is -2.36. The molecule has 0 spiro atoms. The van der Waals surface area contributed by atoms with E-state index in [1.807, 2.05) is 38.1 Å². The number of para-hydroxylation sites is 1. The second-order valence-corrected chi connectivity index (χ2v) is 11.2. The van der Waals surface area contributed by atoms with Crippen molar-refractivity contribution in [2.24, 2.45) is 0 Å². The van der Waals surface area contributed by atoms with E-state index in [0.29, 0.717) is 16.8 Å². The van der Waals surface area contributed by atoms with Gasteiger partial charge in [-0.05, 0) is 78.4 Å². The number of rotatable bonds is 5. The molecule has 4 aromatic rings. The summed E-state index contributed by atoms with van der Waals surface area (Å²) in [6.07, 6.45) is 0. The van der Waals surface area contributed by atoms with E-state index in [-0.39, 0.29) is 24.9 Å². The Kier molecular flexibility index (Phi) is 6.08. The maximum atomic E-state index is 13.8. The standard InChI is InChI=1S/C26H20F2IN3O2S/c1-26(2)23-18(29)9-15(24(33)30-12-22-31-19-5-3-4-6-21(19)35-22)10-20(23)32(25(26)34)13-14-7-16(27)11-17(28)8-14/h3-11H,12-13H2,1-2H3,(H,30,33). The van der Waals surface area contributed by atoms with Gasteiger partial charge in [-0.1, -0.05) is 12.1 Å². The molecule has 0 radical (unpaired) electrons. The van der Waals surface area contributed by atoms with Gasteiger partial charge in [0, 0.05) is 20.8 Å². The molecular weight excluding hydrogens is 583 g/mol. The molecule has 35 heavy (non-hydrogen) atoms. The van der Waals surface area contributed by atoms with Gasteiger partial charge >= 0.3 is 0 Å². The largest absolute Gasteiger partial charge is 0.346 e. The maximum Gasteiger partial charge on any atom is 0.251 e. The maximum absolute atomic E-state index is 13.8. The average molecular weight is 603 g/mol. The Labute approximate surface area is 218 Å². The second-order valence-electron chi connectivity index (χ2n) is 8.90. The van der Waals surface area contributed by atoms with Crippen LogP contribution in [0.2, 0.25) is 0 Å². The summed E-state index contributed by atoms with van der Waals surface area (Å²) >= 11 is 3.65. The van der Waals surface area contributed by atoms with E-state index in [2.05, 4.69) is 32.9 Å². The van der Waals surface area contributed by atoms with Gasteiger partial charge in [0.2, 0.25) is 5.91 Å². The second kappa shape index (κ2) is 8.94. The predicted octanol–water partition coefficient (Wildman–Crippen LogP) is 5.93. The molecule has 2 heterocycles. The zero-order valence-corrected chi connectivity index (χ0v) is 21.8. The van der Waals surface area contributed by atoms with Crippen LogP contribution in [-0.2, 0) is 23.3 Å². The number of nitrogens with one attached hydrogen (secondary N) is 1. The van der Waals surface area contributed by atoms with E-state index in [1.54, 1.807) is 12.1 Å². The van der Waals surface area contributed by atoms with E-state index in [0.717, 1.165) is 30.4 Å². The average Bonchev–Trinajstić information content (AvgIpc) is 3.29. The van der Waals surface area contributed by atoms with Gasteiger partial charge in [-0.15, -0.1) is 11.3 Å². The minimum Gasteiger partial charge on any atom is -0.346 e. The molecule has 5 nitrogen and oxygen atoms in total. The first kappa shape index (κ1) is 23.8. The van der Waals surface area contributed by atoms with Gasteiger partial charge in [-0.2, -0.15) is 0 Å². The van der Waals surface area contributed by atoms with Crippen molar-refractivity contribution in [3.63, 3.8) is 0 Å². The molecule has 9 heteroatoms. The molecule has 1 N–H and O–H groups in total. The first-order valence-corrected chi connectivity index (χ1v) is 12.8. The number of thiazole rings is 1. The van der Waals surface area contributed by atoms with E-state index in [4.69, 9.17) is 0 Å². The van der Waals surface area contributed by atoms with E-state index < -0.39 is 17.0 Å². The molecule has 1 aromatic heterocycles. The van der Waals surface area contributed by atoms with E-state index in [9.17, 15) is 18.4 Å². The minimum absolute atomic E-state index is 0.00317. The Hall–Kier alpha value is -2.92. The Morgan fingerprint density at radius 2 is 1.83 bits per heavy atom. The lowest BCUT2D eigenvalue weighted by atomic mass is 9.86. The molecule has 0 bridgehead atoms. The van der Waals surface area contributed by atoms with Crippen molar-refractivity contribution in [1.29, 1.82) is 0 Å². The quantitative estimate of drug-likeness (QED) is 0.288. The number of anilines is 1. The summed E-state index contributed by atoms with van der Waals surface area (Å²) in [7, 11) is 0. The highest BCUT2D eigenvalue weighted by Crippen LogP contribution is 2.45. The third-order valence-electron chi connectivity index (χ3n) is 6.03. The minimum atomic E-state index is -0.840. The summed E-state index contributed by atoms with van der Waals surface area (Å²) in [5, 5.41) is 3.70. The van der Waals surface area contributed by atoms with E-state index >= 15 is 0 Å². The van der Waals surface area contributed by atoms with Crippen LogP contribution in [-0.4, -0.2) is 16.8 Å². The lowest BCUT2D eigenvalue weighted by molar-refractivity contribution is -0.122. The normalized spacial score (nSPS) is 14.4. The molecule has 0 unspecified atom stereocenters. The molecule has 178 valence electrons. The summed E-state index contributed by atoms with van der Waals surface area (Å²) in [6.45, 7) is 3.91. The third kappa shape index (κ3) is 4.42. The molecule has 1 aliphatic rings. The number of amides is 2. The van der Waals surface area contributed by atoms with Crippen LogP contribution >= 0.6 is 33.9 Å². The monoisotopic (exact) mass is 603 g/mol. The number of halogens is 3. The first-order chi connectivity index (χ1) is 16.6. The van der Waals surface area contributed by atoms with E-state index in [1.165, 1.54) is 28.4 Å². The molecule has 1 aliphatic heterocycles. The molecule has 3 aromatic carbocycles. The van der Waals surface area contributed by atoms with Gasteiger partial charge < -0.3 is 10.2 Å². The molecule has 0 fully saturated rings. The molecule has 0 aliphatic carbocycles. The van der Waals surface area contributed by atoms with Crippen molar-refractivity contribution < 1.29 is 18.4 Å². The Bertz CT molecular complexity index is 1450. The zero-order valence-electron chi connectivity index (χ0n) is 18.9. The fourth-order valence-electron chi connectivity index (χ4n) is 4.40. The van der Waals surface area contributed by atoms with Gasteiger partial charge in [0.1, 0.15) is 16.6 Å². The Morgan fingerprint density at radius 3 is 2.54 bits per heavy atom. The number of benzene rings is 3. The van der Waals surface area contributed by atoms with Crippen LogP contribution in [0.5, 0.6) is 0 Å². The van der Waals surface area contributed by atoms with Crippen molar-refractivity contribution in [2.45, 2.75) is 32.4 Å². The molecule has 0 saturated heterocycles. The van der Waals surface area contributed by atoms with Gasteiger partial charge in [0.15, 0.2) is 0 Å². The number of fused-ring (bicyclic) bond motifs is 2. The van der Waals surface area contributed by atoms with Gasteiger partial charge in [0.25, 0.3) is 5.91 Å². The highest BCUT2D eigenvalue weighted by Gasteiger charge is 2.45. The van der Waals surface area contributed by atoms with Crippen LogP contribution in [0.15, 0.2) is 54.6 Å². The molecular formula is C26H20F2IN3O2S. The fraction of sp³-hybridized carbons (Fsp3) is 0.192. The van der Waals surface area contributed by atoms with Crippen LogP contribution < -0.4 is 10.2 Å². The molecule has 5 rings (SSSR count). The number of carbonyl (C=O) groups is 2. The van der Waals surface area contributed by atoms with Crippen molar-refractivity contribution >= 4 is 61.6 Å². The SMILES string of the molecule is CC1(C)C(=O)N(Cc2cc(F)cc(F)c2)c2cc(C(=O)NCc3nc4ccccc4s3)cc(I)c21. The number of carbonyl (C=O) groups excluding carboxylic acids is 2. The molecule has 0 atom stereocenters. The number of hydrogen-bond donors (Lipinski definition) is 1. The summed E-state index contributed by atoms with van der Waals surface area (Å²) in [4.78, 5) is 32.4. The van der Waals surface area contributed by atoms with Crippen molar-refractivity contribution in [1.82, 2.24) is 10.3 Å². The summed E-state index contributed by atoms with van der Waals surface area (Å²) in [5.41, 5.74) is 2.15. The molecule has 0 saturated carbocycles. The number of hydrogen-bond acceptors (Lipinski definition) is 4. The van der Waals surface area contributed by atoms with Crippen LogP contribution in [0.3, 0.4) is 0 Å². The van der Waals surface area contributed by atoms with Gasteiger partial charge in [0.05, 0.1) is 34.4 Å². The third-order valence-corrected chi connectivity index (χ3v) is 7.92. The summed E-state index contributed by atoms with van der Waals surface area (Å²) < 4.78 is 29.4. The van der Waals surface area contributed by atoms with Crippen molar-refractivity contribution in [2.75, 3.05) is 4.90 Å². The van der Waals surface area contributed by atoms with Crippen LogP contribution in [0.25, 0.3) is 10.2 Å². The highest BCUT2D eigenvalue weighted by atomic mass is 127. The van der Waals surface area contributed by atoms with Gasteiger partial charge in [-0.3, -0.25) is 9.59 Å². The van der Waals surface area contributed by atoms with Crippen molar-refractivity contribution in [3.05, 3.63) is 91.5 Å². The lowest BCUT2D eigenvalue weighted by Gasteiger charge is -2.20. The zero-order chi connectivity index (χ0) is 24.9. The van der Waals surface area contributed by atoms with Crippen LogP contribution in [0, 0.1) is 15.2 Å². The first-order valence-electron chi connectivity index (χ1n) is 10.9. The van der Waals surface area contributed by atoms with Crippen molar-refractivity contribution in [3.8, 4) is 0 Å².